The molecule has 1 aromatic rings. The number of nitrogen functional groups attached to an aromatic ring is 1. The molecule has 1 rings (SSSR count). The topological polar surface area (TPSA) is 77.7 Å². The summed E-state index contributed by atoms with van der Waals surface area (Å²) in [5.74, 6) is 0.158. The van der Waals surface area contributed by atoms with Gasteiger partial charge in [0.2, 0.25) is 0 Å². The van der Waals surface area contributed by atoms with Gasteiger partial charge in [-0.3, -0.25) is 4.79 Å². The van der Waals surface area contributed by atoms with E-state index in [1.54, 1.807) is 37.3 Å². The molecule has 0 spiro atoms. The van der Waals surface area contributed by atoms with Gasteiger partial charge >= 0.3 is 0 Å². The molecule has 0 aromatic carbocycles. The van der Waals surface area contributed by atoms with Gasteiger partial charge in [-0.1, -0.05) is 6.07 Å². The third kappa shape index (κ3) is 4.50. The number of rotatable bonds is 7. The van der Waals surface area contributed by atoms with E-state index in [0.29, 0.717) is 31.3 Å². The van der Waals surface area contributed by atoms with Crippen LogP contribution in [0.4, 0.5) is 5.82 Å². The highest BCUT2D eigenvalue weighted by Crippen LogP contribution is 2.09. The first-order valence-electron chi connectivity index (χ1n) is 6.11. The fraction of sp³-hybridized carbons (Fsp3) is 0.538. The standard InChI is InChI=1S/C13H21N3O3/c1-10(9-19-3)16(7-8-18-2)13(17)11-5-4-6-12(14)15-11/h4-6,10H,7-9H2,1-3H3,(H2,14,15). The second-order valence-electron chi connectivity index (χ2n) is 4.24. The van der Waals surface area contributed by atoms with E-state index in [4.69, 9.17) is 15.2 Å². The number of carbonyl (C=O) groups excluding carboxylic acids is 1. The maximum absolute atomic E-state index is 12.4. The number of methoxy groups -OCH3 is 2. The van der Waals surface area contributed by atoms with E-state index < -0.39 is 0 Å². The molecule has 6 nitrogen and oxygen atoms in total. The van der Waals surface area contributed by atoms with Crippen molar-refractivity contribution in [1.82, 2.24) is 9.88 Å². The molecular formula is C13H21N3O3. The maximum atomic E-state index is 12.4. The molecule has 1 unspecified atom stereocenters. The number of ether oxygens (including phenoxy) is 2. The molecule has 19 heavy (non-hydrogen) atoms. The van der Waals surface area contributed by atoms with Crippen molar-refractivity contribution < 1.29 is 14.3 Å². The summed E-state index contributed by atoms with van der Waals surface area (Å²) in [4.78, 5) is 18.1. The van der Waals surface area contributed by atoms with Gasteiger partial charge in [0.05, 0.1) is 19.3 Å². The number of nitrogens with two attached hydrogens (primary N) is 1. The molecule has 1 amide bonds. The lowest BCUT2D eigenvalue weighted by Gasteiger charge is -2.28. The van der Waals surface area contributed by atoms with Crippen LogP contribution in [0.1, 0.15) is 17.4 Å². The Kier molecular flexibility index (Phi) is 6.24. The minimum Gasteiger partial charge on any atom is -0.384 e. The van der Waals surface area contributed by atoms with Gasteiger partial charge in [-0.25, -0.2) is 4.98 Å². The zero-order valence-corrected chi connectivity index (χ0v) is 11.6. The van der Waals surface area contributed by atoms with Crippen LogP contribution in [0, 0.1) is 0 Å². The monoisotopic (exact) mass is 267 g/mol. The van der Waals surface area contributed by atoms with Crippen molar-refractivity contribution in [2.45, 2.75) is 13.0 Å². The number of pyridine rings is 1. The predicted molar refractivity (Wildman–Crippen MR) is 72.9 cm³/mol. The van der Waals surface area contributed by atoms with Crippen LogP contribution in [0.2, 0.25) is 0 Å². The lowest BCUT2D eigenvalue weighted by molar-refractivity contribution is 0.0474. The van der Waals surface area contributed by atoms with Crippen molar-refractivity contribution in [3.63, 3.8) is 0 Å². The average Bonchev–Trinajstić information content (AvgIpc) is 2.39. The molecular weight excluding hydrogens is 246 g/mol. The molecule has 0 saturated heterocycles. The first-order valence-corrected chi connectivity index (χ1v) is 6.11. The summed E-state index contributed by atoms with van der Waals surface area (Å²) in [5.41, 5.74) is 5.93. The molecule has 2 N–H and O–H groups in total. The Hall–Kier alpha value is -1.66. The molecule has 0 bridgehead atoms. The van der Waals surface area contributed by atoms with E-state index in [2.05, 4.69) is 4.98 Å². The van der Waals surface area contributed by atoms with Gasteiger partial charge in [0.15, 0.2) is 0 Å². The number of hydrogen-bond donors (Lipinski definition) is 1. The lowest BCUT2D eigenvalue weighted by atomic mass is 10.2. The zero-order chi connectivity index (χ0) is 14.3. The SMILES string of the molecule is COCCN(C(=O)c1cccc(N)n1)C(C)COC. The molecule has 106 valence electrons. The van der Waals surface area contributed by atoms with Crippen LogP contribution >= 0.6 is 0 Å². The Morgan fingerprint density at radius 1 is 1.42 bits per heavy atom. The lowest BCUT2D eigenvalue weighted by Crippen LogP contribution is -2.43. The molecule has 0 radical (unpaired) electrons. The second kappa shape index (κ2) is 7.70. The van der Waals surface area contributed by atoms with Crippen molar-refractivity contribution in [3.8, 4) is 0 Å². The van der Waals surface area contributed by atoms with Crippen LogP contribution in [-0.4, -0.2) is 55.8 Å². The number of nitrogens with zero attached hydrogens (tertiary/aromatic N) is 2. The van der Waals surface area contributed by atoms with E-state index >= 15 is 0 Å². The Bertz CT molecular complexity index is 412. The van der Waals surface area contributed by atoms with Crippen LogP contribution in [0.5, 0.6) is 0 Å². The number of aromatic nitrogens is 1. The van der Waals surface area contributed by atoms with Crippen molar-refractivity contribution >= 4 is 11.7 Å². The largest absolute Gasteiger partial charge is 0.384 e. The van der Waals surface area contributed by atoms with Gasteiger partial charge in [-0.2, -0.15) is 0 Å². The molecule has 1 aromatic heterocycles. The molecule has 0 saturated carbocycles. The summed E-state index contributed by atoms with van der Waals surface area (Å²) in [5, 5.41) is 0. The van der Waals surface area contributed by atoms with Crippen molar-refractivity contribution in [3.05, 3.63) is 23.9 Å². The fourth-order valence-electron chi connectivity index (χ4n) is 1.76. The Morgan fingerprint density at radius 2 is 2.16 bits per heavy atom. The van der Waals surface area contributed by atoms with Crippen molar-refractivity contribution in [2.75, 3.05) is 39.7 Å². The molecule has 1 atom stereocenters. The number of hydrogen-bond acceptors (Lipinski definition) is 5. The second-order valence-corrected chi connectivity index (χ2v) is 4.24. The summed E-state index contributed by atoms with van der Waals surface area (Å²) in [6.07, 6.45) is 0. The van der Waals surface area contributed by atoms with Gasteiger partial charge < -0.3 is 20.1 Å². The first kappa shape index (κ1) is 15.4. The van der Waals surface area contributed by atoms with E-state index in [-0.39, 0.29) is 11.9 Å². The van der Waals surface area contributed by atoms with E-state index in [9.17, 15) is 4.79 Å². The highest BCUT2D eigenvalue weighted by atomic mass is 16.5. The number of amides is 1. The van der Waals surface area contributed by atoms with Crippen LogP contribution in [0.3, 0.4) is 0 Å². The number of carbonyl (C=O) groups is 1. The van der Waals surface area contributed by atoms with Crippen molar-refractivity contribution in [1.29, 1.82) is 0 Å². The van der Waals surface area contributed by atoms with Gasteiger partial charge in [-0.15, -0.1) is 0 Å². The third-order valence-electron chi connectivity index (χ3n) is 2.73. The quantitative estimate of drug-likeness (QED) is 0.790. The third-order valence-corrected chi connectivity index (χ3v) is 2.73. The molecule has 0 aliphatic heterocycles. The minimum absolute atomic E-state index is 0.0594. The molecule has 0 fully saturated rings. The van der Waals surface area contributed by atoms with Crippen LogP contribution < -0.4 is 5.73 Å². The highest BCUT2D eigenvalue weighted by molar-refractivity contribution is 5.92. The summed E-state index contributed by atoms with van der Waals surface area (Å²) in [6, 6.07) is 4.95. The van der Waals surface area contributed by atoms with Gasteiger partial charge in [-0.05, 0) is 19.1 Å². The van der Waals surface area contributed by atoms with Gasteiger partial charge in [0.1, 0.15) is 11.5 Å². The fourth-order valence-corrected chi connectivity index (χ4v) is 1.76. The number of anilines is 1. The minimum atomic E-state index is -0.172. The van der Waals surface area contributed by atoms with E-state index in [1.165, 1.54) is 0 Å². The zero-order valence-electron chi connectivity index (χ0n) is 11.6. The predicted octanol–water partition coefficient (Wildman–Crippen LogP) is 0.787. The molecule has 0 aliphatic carbocycles. The molecule has 0 aliphatic rings. The first-order chi connectivity index (χ1) is 9.10. The molecule has 1 heterocycles. The van der Waals surface area contributed by atoms with Crippen LogP contribution in [-0.2, 0) is 9.47 Å². The van der Waals surface area contributed by atoms with Gasteiger partial charge in [0.25, 0.3) is 5.91 Å². The summed E-state index contributed by atoms with van der Waals surface area (Å²) in [6.45, 7) is 3.32. The summed E-state index contributed by atoms with van der Waals surface area (Å²) >= 11 is 0. The Balaban J connectivity index is 2.86. The maximum Gasteiger partial charge on any atom is 0.272 e. The van der Waals surface area contributed by atoms with Gasteiger partial charge in [0, 0.05) is 20.8 Å². The van der Waals surface area contributed by atoms with E-state index in [1.807, 2.05) is 6.92 Å². The highest BCUT2D eigenvalue weighted by Gasteiger charge is 2.22. The van der Waals surface area contributed by atoms with Crippen LogP contribution in [0.25, 0.3) is 0 Å². The Morgan fingerprint density at radius 3 is 2.74 bits per heavy atom. The normalized spacial score (nSPS) is 12.2. The summed E-state index contributed by atoms with van der Waals surface area (Å²) in [7, 11) is 3.20. The molecule has 6 heteroatoms. The van der Waals surface area contributed by atoms with E-state index in [0.717, 1.165) is 0 Å². The average molecular weight is 267 g/mol. The Labute approximate surface area is 113 Å². The van der Waals surface area contributed by atoms with Crippen LogP contribution in [0.15, 0.2) is 18.2 Å². The summed E-state index contributed by atoms with van der Waals surface area (Å²) < 4.78 is 10.1. The van der Waals surface area contributed by atoms with Crippen molar-refractivity contribution in [2.24, 2.45) is 0 Å². The smallest absolute Gasteiger partial charge is 0.272 e.